The fourth-order valence-electron chi connectivity index (χ4n) is 9.19. The van der Waals surface area contributed by atoms with Gasteiger partial charge in [0.2, 0.25) is 0 Å². The van der Waals surface area contributed by atoms with Crippen LogP contribution in [0.3, 0.4) is 0 Å². The third-order valence-electron chi connectivity index (χ3n) is 11.7. The topological polar surface area (TPSA) is 23.0 Å². The van der Waals surface area contributed by atoms with E-state index in [1.165, 1.54) is 60.4 Å². The van der Waals surface area contributed by atoms with Gasteiger partial charge >= 0.3 is 0 Å². The van der Waals surface area contributed by atoms with E-state index in [2.05, 4.69) is 215 Å². The van der Waals surface area contributed by atoms with Gasteiger partial charge in [-0.25, -0.2) is 0 Å². The van der Waals surface area contributed by atoms with Crippen molar-refractivity contribution in [1.29, 1.82) is 0 Å². The molecule has 0 amide bonds. The first-order valence-electron chi connectivity index (χ1n) is 19.5. The maximum atomic E-state index is 6.68. The highest BCUT2D eigenvalue weighted by atomic mass is 16.3. The van der Waals surface area contributed by atoms with Crippen LogP contribution in [0.4, 0.5) is 0 Å². The van der Waals surface area contributed by atoms with Crippen LogP contribution in [0.2, 0.25) is 0 Å². The summed E-state index contributed by atoms with van der Waals surface area (Å²) >= 11 is 0. The highest BCUT2D eigenvalue weighted by molar-refractivity contribution is 6.16. The molecule has 0 atom stereocenters. The maximum absolute atomic E-state index is 6.68. The Bertz CT molecular complexity index is 3510. The second-order valence-electron chi connectivity index (χ2n) is 14.9. The van der Waals surface area contributed by atoms with Crippen molar-refractivity contribution in [2.24, 2.45) is 0 Å². The van der Waals surface area contributed by atoms with Crippen molar-refractivity contribution in [3.05, 3.63) is 206 Å². The highest BCUT2D eigenvalue weighted by Crippen LogP contribution is 2.44. The van der Waals surface area contributed by atoms with E-state index in [0.717, 1.165) is 49.9 Å². The molecule has 0 N–H and O–H groups in total. The molecule has 3 aromatic heterocycles. The van der Waals surface area contributed by atoms with Gasteiger partial charge in [-0.3, -0.25) is 0 Å². The van der Waals surface area contributed by atoms with E-state index in [9.17, 15) is 0 Å². The van der Waals surface area contributed by atoms with Crippen molar-refractivity contribution in [3.8, 4) is 44.8 Å². The minimum Gasteiger partial charge on any atom is -0.456 e. The van der Waals surface area contributed by atoms with E-state index in [-0.39, 0.29) is 0 Å². The number of hydrogen-bond donors (Lipinski definition) is 0. The van der Waals surface area contributed by atoms with Gasteiger partial charge in [0.05, 0.1) is 33.1 Å². The number of para-hydroxylation sites is 4. The molecule has 266 valence electrons. The highest BCUT2D eigenvalue weighted by Gasteiger charge is 2.21. The molecule has 9 aromatic carbocycles. The third-order valence-corrected chi connectivity index (χ3v) is 11.7. The Hall–Kier alpha value is -7.62. The summed E-state index contributed by atoms with van der Waals surface area (Å²) in [6.45, 7) is 0. The summed E-state index contributed by atoms with van der Waals surface area (Å²) in [6.07, 6.45) is 0. The first kappa shape index (κ1) is 31.7. The molecule has 12 rings (SSSR count). The normalized spacial score (nSPS) is 11.9. The molecule has 0 radical (unpaired) electrons. The number of fused-ring (bicyclic) bond motifs is 9. The van der Waals surface area contributed by atoms with Crippen LogP contribution >= 0.6 is 0 Å². The lowest BCUT2D eigenvalue weighted by Crippen LogP contribution is -1.96. The first-order chi connectivity index (χ1) is 28.3. The predicted octanol–water partition coefficient (Wildman–Crippen LogP) is 14.8. The molecule has 0 aliphatic rings. The second-order valence-corrected chi connectivity index (χ2v) is 14.9. The number of furan rings is 1. The molecule has 0 aliphatic heterocycles. The Morgan fingerprint density at radius 3 is 1.49 bits per heavy atom. The molecule has 0 fully saturated rings. The molecule has 0 saturated carbocycles. The van der Waals surface area contributed by atoms with Crippen LogP contribution in [0.15, 0.2) is 211 Å². The lowest BCUT2D eigenvalue weighted by atomic mass is 9.93. The molecule has 0 spiro atoms. The number of nitrogens with zero attached hydrogens (tertiary/aromatic N) is 2. The molecule has 3 nitrogen and oxygen atoms in total. The van der Waals surface area contributed by atoms with Gasteiger partial charge in [-0.05, 0) is 100 Å². The summed E-state index contributed by atoms with van der Waals surface area (Å²) in [5.74, 6) is 0. The average molecular weight is 727 g/mol. The predicted molar refractivity (Wildman–Crippen MR) is 239 cm³/mol. The first-order valence-corrected chi connectivity index (χ1v) is 19.5. The van der Waals surface area contributed by atoms with Gasteiger partial charge in [0.15, 0.2) is 0 Å². The fourth-order valence-corrected chi connectivity index (χ4v) is 9.19. The zero-order valence-electron chi connectivity index (χ0n) is 30.9. The summed E-state index contributed by atoms with van der Waals surface area (Å²) < 4.78 is 11.5. The molecule has 0 saturated heterocycles. The quantitative estimate of drug-likeness (QED) is 0.173. The SMILES string of the molecule is c1ccc(-c2ccccc2-c2cc(-n3c4ccccc4c4cc(-c5ccc6c(c5)c5ccccc5n6-c5ccccc5)ccc43)c3c(c2)oc2ccccc23)cc1. The van der Waals surface area contributed by atoms with E-state index in [0.29, 0.717) is 0 Å². The van der Waals surface area contributed by atoms with Gasteiger partial charge in [-0.2, -0.15) is 0 Å². The van der Waals surface area contributed by atoms with Gasteiger partial charge in [0, 0.05) is 32.6 Å². The van der Waals surface area contributed by atoms with E-state index in [1.54, 1.807) is 0 Å². The standard InChI is InChI=1S/C54H34N2O/c1-3-15-35(16-4-1)40-19-7-8-20-41(40)38-33-51(54-44-23-11-14-26-52(44)57-53(54)34-38)56-48-25-13-10-22-43(48)46-32-37(28-30-50(46)56)36-27-29-49-45(31-36)42-21-9-12-24-47(42)55(49)39-17-5-2-6-18-39/h1-34H. The minimum atomic E-state index is 0.872. The Labute approximate surface area is 328 Å². The molecule has 3 heteroatoms. The zero-order chi connectivity index (χ0) is 37.5. The van der Waals surface area contributed by atoms with E-state index in [4.69, 9.17) is 4.42 Å². The largest absolute Gasteiger partial charge is 0.456 e. The zero-order valence-corrected chi connectivity index (χ0v) is 30.9. The van der Waals surface area contributed by atoms with Crippen LogP contribution < -0.4 is 0 Å². The van der Waals surface area contributed by atoms with Crippen molar-refractivity contribution in [3.63, 3.8) is 0 Å². The number of aromatic nitrogens is 2. The summed E-state index contributed by atoms with van der Waals surface area (Å²) in [6, 6.07) is 74.4. The molecule has 0 aliphatic carbocycles. The van der Waals surface area contributed by atoms with Crippen LogP contribution in [0.25, 0.3) is 110 Å². The average Bonchev–Trinajstić information content (AvgIpc) is 3.94. The third kappa shape index (κ3) is 4.86. The van der Waals surface area contributed by atoms with E-state index in [1.807, 2.05) is 0 Å². The van der Waals surface area contributed by atoms with Crippen LogP contribution in [-0.4, -0.2) is 9.13 Å². The van der Waals surface area contributed by atoms with Crippen molar-refractivity contribution < 1.29 is 4.42 Å². The minimum absolute atomic E-state index is 0.872. The molecular formula is C54H34N2O. The molecule has 0 unspecified atom stereocenters. The molecule has 3 heterocycles. The monoisotopic (exact) mass is 726 g/mol. The van der Waals surface area contributed by atoms with E-state index < -0.39 is 0 Å². The Balaban J connectivity index is 1.09. The smallest absolute Gasteiger partial charge is 0.138 e. The maximum Gasteiger partial charge on any atom is 0.138 e. The Morgan fingerprint density at radius 2 is 0.807 bits per heavy atom. The van der Waals surface area contributed by atoms with Gasteiger partial charge in [0.25, 0.3) is 0 Å². The second kappa shape index (κ2) is 12.5. The van der Waals surface area contributed by atoms with Crippen LogP contribution in [-0.2, 0) is 0 Å². The molecule has 0 bridgehead atoms. The van der Waals surface area contributed by atoms with Crippen LogP contribution in [0.1, 0.15) is 0 Å². The molecule has 12 aromatic rings. The van der Waals surface area contributed by atoms with Gasteiger partial charge < -0.3 is 13.6 Å². The van der Waals surface area contributed by atoms with Crippen molar-refractivity contribution in [1.82, 2.24) is 9.13 Å². The van der Waals surface area contributed by atoms with Crippen molar-refractivity contribution in [2.75, 3.05) is 0 Å². The summed E-state index contributed by atoms with van der Waals surface area (Å²) in [7, 11) is 0. The van der Waals surface area contributed by atoms with Gasteiger partial charge in [0.1, 0.15) is 11.2 Å². The van der Waals surface area contributed by atoms with Crippen LogP contribution in [0.5, 0.6) is 0 Å². The number of benzene rings is 9. The van der Waals surface area contributed by atoms with Gasteiger partial charge in [-0.15, -0.1) is 0 Å². The molecular weight excluding hydrogens is 693 g/mol. The van der Waals surface area contributed by atoms with Crippen LogP contribution in [0, 0.1) is 0 Å². The summed E-state index contributed by atoms with van der Waals surface area (Å²) in [5, 5.41) is 7.14. The molecule has 57 heavy (non-hydrogen) atoms. The summed E-state index contributed by atoms with van der Waals surface area (Å²) in [5.41, 5.74) is 15.8. The fraction of sp³-hybridized carbons (Fsp3) is 0. The number of hydrogen-bond acceptors (Lipinski definition) is 1. The van der Waals surface area contributed by atoms with E-state index >= 15 is 0 Å². The Morgan fingerprint density at radius 1 is 0.298 bits per heavy atom. The summed E-state index contributed by atoms with van der Waals surface area (Å²) in [4.78, 5) is 0. The lowest BCUT2D eigenvalue weighted by Gasteiger charge is -2.15. The Kier molecular flexibility index (Phi) is 6.93. The van der Waals surface area contributed by atoms with Crippen molar-refractivity contribution >= 4 is 65.6 Å². The lowest BCUT2D eigenvalue weighted by molar-refractivity contribution is 0.669. The number of rotatable bonds is 5. The van der Waals surface area contributed by atoms with Gasteiger partial charge in [-0.1, -0.05) is 140 Å². The van der Waals surface area contributed by atoms with Crippen molar-refractivity contribution in [2.45, 2.75) is 0 Å².